The number of hydrogen-bond donors (Lipinski definition) is 1. The van der Waals surface area contributed by atoms with E-state index in [1.165, 1.54) is 0 Å². The van der Waals surface area contributed by atoms with E-state index in [0.29, 0.717) is 17.2 Å². The molecule has 4 nitrogen and oxygen atoms in total. The van der Waals surface area contributed by atoms with Gasteiger partial charge in [0, 0.05) is 13.2 Å². The predicted molar refractivity (Wildman–Crippen MR) is 93.2 cm³/mol. The summed E-state index contributed by atoms with van der Waals surface area (Å²) in [6.07, 6.45) is 3.72. The number of rotatable bonds is 7. The molecule has 23 heavy (non-hydrogen) atoms. The fraction of sp³-hybridized carbons (Fsp3) is 0.667. The summed E-state index contributed by atoms with van der Waals surface area (Å²) in [4.78, 5) is 2.76. The first-order valence-electron chi connectivity index (χ1n) is 8.50. The number of aliphatic hydroxyl groups excluding tert-OH is 1. The maximum atomic E-state index is 12.8. The Labute approximate surface area is 140 Å². The molecule has 0 aliphatic carbocycles. The molecule has 0 spiro atoms. The minimum atomic E-state index is -3.32. The van der Waals surface area contributed by atoms with Crippen molar-refractivity contribution in [1.82, 2.24) is 4.90 Å². The average Bonchev–Trinajstić information content (AvgIpc) is 2.55. The topological polar surface area (TPSA) is 57.6 Å². The van der Waals surface area contributed by atoms with Gasteiger partial charge in [-0.05, 0) is 70.7 Å². The van der Waals surface area contributed by atoms with E-state index >= 15 is 0 Å². The SMILES string of the molecule is CC(C)(CCCN1CCCC(CO)C1)S(=O)(=O)c1ccccc1. The summed E-state index contributed by atoms with van der Waals surface area (Å²) in [7, 11) is -3.32. The van der Waals surface area contributed by atoms with Crippen LogP contribution in [0.15, 0.2) is 35.2 Å². The molecule has 0 amide bonds. The van der Waals surface area contributed by atoms with Crippen LogP contribution in [0.25, 0.3) is 0 Å². The summed E-state index contributed by atoms with van der Waals surface area (Å²) in [6, 6.07) is 8.72. The van der Waals surface area contributed by atoms with Crippen LogP contribution in [0, 0.1) is 5.92 Å². The normalized spacial score (nSPS) is 20.6. The summed E-state index contributed by atoms with van der Waals surface area (Å²) in [5.74, 6) is 0.379. The standard InChI is InChI=1S/C18H29NO3S/c1-18(2,23(21,22)17-9-4-3-5-10-17)11-7-13-19-12-6-8-16(14-19)15-20/h3-5,9-10,16,20H,6-8,11-15H2,1-2H3. The van der Waals surface area contributed by atoms with Crippen molar-refractivity contribution < 1.29 is 13.5 Å². The minimum absolute atomic E-state index is 0.254. The van der Waals surface area contributed by atoms with Crippen molar-refractivity contribution in [3.8, 4) is 0 Å². The Morgan fingerprint density at radius 3 is 2.61 bits per heavy atom. The quantitative estimate of drug-likeness (QED) is 0.830. The van der Waals surface area contributed by atoms with E-state index in [1.807, 2.05) is 19.9 Å². The molecule has 2 rings (SSSR count). The number of benzene rings is 1. The highest BCUT2D eigenvalue weighted by atomic mass is 32.2. The second-order valence-corrected chi connectivity index (χ2v) is 9.75. The molecule has 0 radical (unpaired) electrons. The minimum Gasteiger partial charge on any atom is -0.396 e. The predicted octanol–water partition coefficient (Wildman–Crippen LogP) is 2.72. The van der Waals surface area contributed by atoms with Crippen LogP contribution in [0.5, 0.6) is 0 Å². The molecule has 0 aromatic heterocycles. The zero-order valence-corrected chi connectivity index (χ0v) is 15.1. The van der Waals surface area contributed by atoms with Gasteiger partial charge in [0.25, 0.3) is 0 Å². The van der Waals surface area contributed by atoms with Gasteiger partial charge in [-0.3, -0.25) is 0 Å². The Kier molecular flexibility index (Phi) is 6.23. The van der Waals surface area contributed by atoms with Crippen LogP contribution < -0.4 is 0 Å². The molecule has 0 bridgehead atoms. The van der Waals surface area contributed by atoms with E-state index in [0.717, 1.165) is 38.9 Å². The zero-order chi connectivity index (χ0) is 16.9. The highest BCUT2D eigenvalue weighted by Crippen LogP contribution is 2.29. The molecule has 1 saturated heterocycles. The van der Waals surface area contributed by atoms with Crippen molar-refractivity contribution in [2.45, 2.75) is 49.2 Å². The molecule has 130 valence electrons. The maximum absolute atomic E-state index is 12.8. The van der Waals surface area contributed by atoms with Crippen LogP contribution in [0.2, 0.25) is 0 Å². The highest BCUT2D eigenvalue weighted by Gasteiger charge is 2.35. The molecule has 1 aromatic rings. The van der Waals surface area contributed by atoms with E-state index < -0.39 is 14.6 Å². The van der Waals surface area contributed by atoms with Gasteiger partial charge in [0.2, 0.25) is 0 Å². The van der Waals surface area contributed by atoms with Gasteiger partial charge in [-0.2, -0.15) is 0 Å². The van der Waals surface area contributed by atoms with E-state index in [-0.39, 0.29) is 6.61 Å². The highest BCUT2D eigenvalue weighted by molar-refractivity contribution is 7.92. The molecule has 1 aliphatic heterocycles. The lowest BCUT2D eigenvalue weighted by atomic mass is 9.98. The lowest BCUT2D eigenvalue weighted by Crippen LogP contribution is -2.38. The second kappa shape index (κ2) is 7.77. The molecule has 5 heteroatoms. The molecule has 1 aliphatic rings. The Morgan fingerprint density at radius 1 is 1.26 bits per heavy atom. The van der Waals surface area contributed by atoms with Crippen LogP contribution in [0.4, 0.5) is 0 Å². The maximum Gasteiger partial charge on any atom is 0.183 e. The van der Waals surface area contributed by atoms with Crippen LogP contribution in [-0.2, 0) is 9.84 Å². The van der Waals surface area contributed by atoms with E-state index in [4.69, 9.17) is 0 Å². The van der Waals surface area contributed by atoms with Crippen molar-refractivity contribution in [3.05, 3.63) is 30.3 Å². The monoisotopic (exact) mass is 339 g/mol. The van der Waals surface area contributed by atoms with Crippen LogP contribution >= 0.6 is 0 Å². The molecule has 0 saturated carbocycles. The molecule has 1 aromatic carbocycles. The Morgan fingerprint density at radius 2 is 1.96 bits per heavy atom. The van der Waals surface area contributed by atoms with Crippen LogP contribution in [0.1, 0.15) is 39.5 Å². The third-order valence-electron chi connectivity index (χ3n) is 4.90. The van der Waals surface area contributed by atoms with Crippen molar-refractivity contribution in [2.75, 3.05) is 26.2 Å². The summed E-state index contributed by atoms with van der Waals surface area (Å²) in [5.41, 5.74) is 0. The van der Waals surface area contributed by atoms with Gasteiger partial charge in [0.05, 0.1) is 9.64 Å². The van der Waals surface area contributed by atoms with Crippen LogP contribution in [-0.4, -0.2) is 49.4 Å². The molecule has 1 heterocycles. The van der Waals surface area contributed by atoms with Gasteiger partial charge < -0.3 is 10.0 Å². The van der Waals surface area contributed by atoms with Crippen molar-refractivity contribution in [2.24, 2.45) is 5.92 Å². The molecule has 1 atom stereocenters. The largest absolute Gasteiger partial charge is 0.396 e. The third kappa shape index (κ3) is 4.55. The smallest absolute Gasteiger partial charge is 0.183 e. The van der Waals surface area contributed by atoms with Crippen molar-refractivity contribution >= 4 is 9.84 Å². The molecular formula is C18H29NO3S. The summed E-state index contributed by atoms with van der Waals surface area (Å²) in [5, 5.41) is 9.29. The molecular weight excluding hydrogens is 310 g/mol. The van der Waals surface area contributed by atoms with E-state index in [1.54, 1.807) is 24.3 Å². The van der Waals surface area contributed by atoms with E-state index in [9.17, 15) is 13.5 Å². The number of likely N-dealkylation sites (tertiary alicyclic amines) is 1. The molecule has 1 fully saturated rings. The summed E-state index contributed by atoms with van der Waals surface area (Å²) >= 11 is 0. The number of nitrogens with zero attached hydrogens (tertiary/aromatic N) is 1. The number of aliphatic hydroxyl groups is 1. The Balaban J connectivity index is 1.91. The second-order valence-electron chi connectivity index (χ2n) is 7.17. The van der Waals surface area contributed by atoms with Gasteiger partial charge in [-0.1, -0.05) is 18.2 Å². The fourth-order valence-corrected chi connectivity index (χ4v) is 4.85. The number of piperidine rings is 1. The summed E-state index contributed by atoms with van der Waals surface area (Å²) in [6.45, 7) is 6.80. The Bertz CT molecular complexity index is 584. The van der Waals surface area contributed by atoms with Gasteiger partial charge in [-0.25, -0.2) is 8.42 Å². The first-order valence-corrected chi connectivity index (χ1v) is 9.98. The summed E-state index contributed by atoms with van der Waals surface area (Å²) < 4.78 is 24.8. The van der Waals surface area contributed by atoms with Gasteiger partial charge in [0.15, 0.2) is 9.84 Å². The van der Waals surface area contributed by atoms with Gasteiger partial charge >= 0.3 is 0 Å². The Hall–Kier alpha value is -0.910. The van der Waals surface area contributed by atoms with Gasteiger partial charge in [-0.15, -0.1) is 0 Å². The first-order chi connectivity index (χ1) is 10.9. The lowest BCUT2D eigenvalue weighted by molar-refractivity contribution is 0.118. The van der Waals surface area contributed by atoms with Crippen molar-refractivity contribution in [1.29, 1.82) is 0 Å². The first kappa shape index (κ1) is 18.4. The van der Waals surface area contributed by atoms with Crippen molar-refractivity contribution in [3.63, 3.8) is 0 Å². The van der Waals surface area contributed by atoms with E-state index in [2.05, 4.69) is 4.90 Å². The lowest BCUT2D eigenvalue weighted by Gasteiger charge is -2.33. The molecule has 1 unspecified atom stereocenters. The fourth-order valence-electron chi connectivity index (χ4n) is 3.28. The number of hydrogen-bond acceptors (Lipinski definition) is 4. The van der Waals surface area contributed by atoms with Gasteiger partial charge in [0.1, 0.15) is 0 Å². The number of sulfone groups is 1. The third-order valence-corrected chi connectivity index (χ3v) is 7.45. The van der Waals surface area contributed by atoms with Crippen LogP contribution in [0.3, 0.4) is 0 Å². The molecule has 1 N–H and O–H groups in total. The average molecular weight is 340 g/mol. The zero-order valence-electron chi connectivity index (χ0n) is 14.2.